The van der Waals surface area contributed by atoms with Gasteiger partial charge < -0.3 is 5.11 Å². The second-order valence-electron chi connectivity index (χ2n) is 3.26. The van der Waals surface area contributed by atoms with E-state index in [0.29, 0.717) is 5.56 Å². The van der Waals surface area contributed by atoms with Gasteiger partial charge in [0.2, 0.25) is 5.24 Å². The molecule has 4 heteroatoms. The van der Waals surface area contributed by atoms with Crippen molar-refractivity contribution in [1.82, 2.24) is 0 Å². The normalized spacial score (nSPS) is 14.3. The Labute approximate surface area is 92.7 Å². The number of aliphatic hydroxyl groups excluding tert-OH is 1. The number of carbonyl (C=O) groups excluding carboxylic acids is 2. The van der Waals surface area contributed by atoms with Crippen molar-refractivity contribution in [3.05, 3.63) is 35.9 Å². The standard InChI is InChI=1S/C11H11ClO3/c1-8(14)11(7-13,10(12)15)9-5-3-2-4-6-9/h2-6,13H,7H2,1H3/t11-/m1/s1. The van der Waals surface area contributed by atoms with Gasteiger partial charge >= 0.3 is 0 Å². The first kappa shape index (κ1) is 11.9. The molecule has 0 bridgehead atoms. The molecule has 15 heavy (non-hydrogen) atoms. The summed E-state index contributed by atoms with van der Waals surface area (Å²) in [4.78, 5) is 22.8. The molecular weight excluding hydrogens is 216 g/mol. The fraction of sp³-hybridized carbons (Fsp3) is 0.273. The maximum Gasteiger partial charge on any atom is 0.242 e. The maximum absolute atomic E-state index is 11.5. The number of Topliss-reactive ketones (excluding diaryl/α,β-unsaturated/α-hetero) is 1. The molecule has 0 unspecified atom stereocenters. The molecule has 0 aliphatic heterocycles. The van der Waals surface area contributed by atoms with E-state index in [0.717, 1.165) is 0 Å². The Bertz CT molecular complexity index is 359. The molecule has 0 aliphatic rings. The van der Waals surface area contributed by atoms with Crippen LogP contribution in [0.1, 0.15) is 12.5 Å². The fourth-order valence-corrected chi connectivity index (χ4v) is 1.74. The van der Waals surface area contributed by atoms with Crippen molar-refractivity contribution < 1.29 is 14.7 Å². The van der Waals surface area contributed by atoms with Crippen molar-refractivity contribution in [1.29, 1.82) is 0 Å². The third-order valence-corrected chi connectivity index (χ3v) is 2.76. The van der Waals surface area contributed by atoms with Gasteiger partial charge in [0.05, 0.1) is 6.61 Å². The van der Waals surface area contributed by atoms with E-state index >= 15 is 0 Å². The lowest BCUT2D eigenvalue weighted by Crippen LogP contribution is -2.43. The van der Waals surface area contributed by atoms with Gasteiger partial charge in [-0.2, -0.15) is 0 Å². The fourth-order valence-electron chi connectivity index (χ4n) is 1.44. The van der Waals surface area contributed by atoms with Crippen LogP contribution in [0.15, 0.2) is 30.3 Å². The molecule has 0 saturated heterocycles. The summed E-state index contributed by atoms with van der Waals surface area (Å²) in [5.74, 6) is -0.462. The van der Waals surface area contributed by atoms with Crippen LogP contribution in [0, 0.1) is 0 Å². The summed E-state index contributed by atoms with van der Waals surface area (Å²) in [5, 5.41) is 8.39. The zero-order valence-corrected chi connectivity index (χ0v) is 8.99. The van der Waals surface area contributed by atoms with Crippen LogP contribution in [0.5, 0.6) is 0 Å². The molecular formula is C11H11ClO3. The van der Waals surface area contributed by atoms with Gasteiger partial charge in [0.15, 0.2) is 11.2 Å². The van der Waals surface area contributed by atoms with Crippen LogP contribution in [0.4, 0.5) is 0 Å². The van der Waals surface area contributed by atoms with Gasteiger partial charge in [0.25, 0.3) is 0 Å². The van der Waals surface area contributed by atoms with Gasteiger partial charge in [-0.3, -0.25) is 9.59 Å². The van der Waals surface area contributed by atoms with Crippen molar-refractivity contribution in [2.45, 2.75) is 12.3 Å². The third kappa shape index (κ3) is 1.94. The highest BCUT2D eigenvalue weighted by atomic mass is 35.5. The molecule has 3 nitrogen and oxygen atoms in total. The lowest BCUT2D eigenvalue weighted by molar-refractivity contribution is -0.131. The first-order valence-electron chi connectivity index (χ1n) is 4.43. The van der Waals surface area contributed by atoms with Crippen molar-refractivity contribution in [2.24, 2.45) is 0 Å². The quantitative estimate of drug-likeness (QED) is 0.622. The Morgan fingerprint density at radius 2 is 1.87 bits per heavy atom. The van der Waals surface area contributed by atoms with Crippen molar-refractivity contribution >= 4 is 22.6 Å². The number of rotatable bonds is 4. The predicted octanol–water partition coefficient (Wildman–Crippen LogP) is 1.27. The van der Waals surface area contributed by atoms with E-state index in [1.165, 1.54) is 6.92 Å². The molecule has 0 aromatic heterocycles. The van der Waals surface area contributed by atoms with E-state index in [1.54, 1.807) is 30.3 Å². The minimum Gasteiger partial charge on any atom is -0.394 e. The predicted molar refractivity (Wildman–Crippen MR) is 56.7 cm³/mol. The van der Waals surface area contributed by atoms with Gasteiger partial charge in [-0.05, 0) is 24.1 Å². The molecule has 0 aliphatic carbocycles. The van der Waals surface area contributed by atoms with Gasteiger partial charge in [0.1, 0.15) is 0 Å². The molecule has 1 rings (SSSR count). The molecule has 1 aromatic carbocycles. The summed E-state index contributed by atoms with van der Waals surface area (Å²) in [6.07, 6.45) is 0. The Kier molecular flexibility index (Phi) is 3.61. The van der Waals surface area contributed by atoms with Crippen LogP contribution in [0.3, 0.4) is 0 Å². The highest BCUT2D eigenvalue weighted by Crippen LogP contribution is 2.27. The van der Waals surface area contributed by atoms with Crippen molar-refractivity contribution in [2.75, 3.05) is 6.61 Å². The number of ketones is 1. The number of halogens is 1. The first-order valence-corrected chi connectivity index (χ1v) is 4.81. The van der Waals surface area contributed by atoms with Gasteiger partial charge in [0, 0.05) is 0 Å². The summed E-state index contributed by atoms with van der Waals surface area (Å²) in [5.41, 5.74) is -1.21. The van der Waals surface area contributed by atoms with Gasteiger partial charge in [-0.1, -0.05) is 30.3 Å². The molecule has 0 spiro atoms. The molecule has 0 saturated carbocycles. The molecule has 80 valence electrons. The molecule has 0 heterocycles. The lowest BCUT2D eigenvalue weighted by Gasteiger charge is -2.25. The Hall–Kier alpha value is -1.19. The van der Waals surface area contributed by atoms with Gasteiger partial charge in [-0.15, -0.1) is 0 Å². The van der Waals surface area contributed by atoms with E-state index in [-0.39, 0.29) is 0 Å². The van der Waals surface area contributed by atoms with Crippen LogP contribution < -0.4 is 0 Å². The molecule has 1 atom stereocenters. The molecule has 1 aromatic rings. The first-order chi connectivity index (χ1) is 7.05. The number of benzene rings is 1. The van der Waals surface area contributed by atoms with Crippen molar-refractivity contribution in [3.63, 3.8) is 0 Å². The Morgan fingerprint density at radius 1 is 1.33 bits per heavy atom. The smallest absolute Gasteiger partial charge is 0.242 e. The van der Waals surface area contributed by atoms with Crippen molar-refractivity contribution in [3.8, 4) is 0 Å². The summed E-state index contributed by atoms with van der Waals surface area (Å²) >= 11 is 5.41. The van der Waals surface area contributed by atoms with Crippen LogP contribution in [0.25, 0.3) is 0 Å². The zero-order chi connectivity index (χ0) is 11.5. The zero-order valence-electron chi connectivity index (χ0n) is 8.24. The van der Waals surface area contributed by atoms with E-state index in [4.69, 9.17) is 11.6 Å². The molecule has 0 fully saturated rings. The Morgan fingerprint density at radius 3 is 2.20 bits per heavy atom. The summed E-state index contributed by atoms with van der Waals surface area (Å²) in [6.45, 7) is 0.623. The monoisotopic (exact) mass is 226 g/mol. The average molecular weight is 227 g/mol. The third-order valence-electron chi connectivity index (χ3n) is 2.44. The second kappa shape index (κ2) is 4.55. The van der Waals surface area contributed by atoms with Crippen LogP contribution >= 0.6 is 11.6 Å². The van der Waals surface area contributed by atoms with E-state index in [1.807, 2.05) is 0 Å². The topological polar surface area (TPSA) is 54.4 Å². The number of aliphatic hydroxyl groups is 1. The highest BCUT2D eigenvalue weighted by molar-refractivity contribution is 6.67. The number of hydrogen-bond donors (Lipinski definition) is 1. The second-order valence-corrected chi connectivity index (χ2v) is 3.60. The van der Waals surface area contributed by atoms with Crippen LogP contribution in [0.2, 0.25) is 0 Å². The largest absolute Gasteiger partial charge is 0.394 e. The molecule has 0 amide bonds. The van der Waals surface area contributed by atoms with Crippen LogP contribution in [-0.2, 0) is 15.0 Å². The SMILES string of the molecule is CC(=O)[C@@](CO)(C(=O)Cl)c1ccccc1. The number of carbonyl (C=O) groups is 2. The van der Waals surface area contributed by atoms with Crippen LogP contribution in [-0.4, -0.2) is 22.7 Å². The summed E-state index contributed by atoms with van der Waals surface area (Å²) in [7, 11) is 0. The molecule has 0 radical (unpaired) electrons. The van der Waals surface area contributed by atoms with E-state index in [2.05, 4.69) is 0 Å². The Balaban J connectivity index is 3.35. The maximum atomic E-state index is 11.5. The molecule has 1 N–H and O–H groups in total. The van der Waals surface area contributed by atoms with Gasteiger partial charge in [-0.25, -0.2) is 0 Å². The number of hydrogen-bond acceptors (Lipinski definition) is 3. The van der Waals surface area contributed by atoms with E-state index < -0.39 is 23.0 Å². The minimum atomic E-state index is -1.62. The summed E-state index contributed by atoms with van der Waals surface area (Å²) < 4.78 is 0. The summed E-state index contributed by atoms with van der Waals surface area (Å²) in [6, 6.07) is 8.31. The average Bonchev–Trinajstić information content (AvgIpc) is 2.20. The van der Waals surface area contributed by atoms with E-state index in [9.17, 15) is 14.7 Å². The highest BCUT2D eigenvalue weighted by Gasteiger charge is 2.43. The lowest BCUT2D eigenvalue weighted by atomic mass is 9.79. The minimum absolute atomic E-state index is 0.417.